The summed E-state index contributed by atoms with van der Waals surface area (Å²) in [5, 5.41) is 0. The van der Waals surface area contributed by atoms with Crippen LogP contribution in [0.1, 0.15) is 30.6 Å². The molecule has 3 heteroatoms. The Morgan fingerprint density at radius 2 is 2.23 bits per heavy atom. The fraction of sp³-hybridized carbons (Fsp3) is 0.700. The fourth-order valence-electron chi connectivity index (χ4n) is 2.28. The van der Waals surface area contributed by atoms with Gasteiger partial charge in [-0.1, -0.05) is 12.8 Å². The van der Waals surface area contributed by atoms with Crippen LogP contribution >= 0.6 is 11.3 Å². The summed E-state index contributed by atoms with van der Waals surface area (Å²) in [5.41, 5.74) is 8.19. The molecule has 2 rings (SSSR count). The fourth-order valence-corrected chi connectivity index (χ4v) is 3.05. The van der Waals surface area contributed by atoms with Gasteiger partial charge in [0.05, 0.1) is 5.51 Å². The second-order valence-electron chi connectivity index (χ2n) is 4.06. The molecule has 0 amide bonds. The third-order valence-electron chi connectivity index (χ3n) is 3.13. The molecule has 1 heterocycles. The van der Waals surface area contributed by atoms with Crippen LogP contribution < -0.4 is 5.73 Å². The monoisotopic (exact) mass is 196 g/mol. The highest BCUT2D eigenvalue weighted by atomic mass is 32.1. The molecule has 0 unspecified atom stereocenters. The molecule has 2 nitrogen and oxygen atoms in total. The lowest BCUT2D eigenvalue weighted by Gasteiger charge is -2.26. The molecule has 0 spiro atoms. The zero-order chi connectivity index (χ0) is 9.15. The van der Waals surface area contributed by atoms with E-state index >= 15 is 0 Å². The third kappa shape index (κ3) is 1.92. The van der Waals surface area contributed by atoms with Crippen molar-refractivity contribution < 1.29 is 0 Å². The zero-order valence-electron chi connectivity index (χ0n) is 7.83. The summed E-state index contributed by atoms with van der Waals surface area (Å²) in [4.78, 5) is 5.50. The zero-order valence-corrected chi connectivity index (χ0v) is 8.65. The van der Waals surface area contributed by atoms with E-state index in [9.17, 15) is 0 Å². The summed E-state index contributed by atoms with van der Waals surface area (Å²) in [7, 11) is 0. The number of nitrogens with zero attached hydrogens (tertiary/aromatic N) is 1. The van der Waals surface area contributed by atoms with Gasteiger partial charge in [-0.3, -0.25) is 4.98 Å². The molecule has 2 N–H and O–H groups in total. The maximum Gasteiger partial charge on any atom is 0.0794 e. The van der Waals surface area contributed by atoms with Gasteiger partial charge in [-0.05, 0) is 31.2 Å². The first kappa shape index (κ1) is 9.16. The van der Waals surface area contributed by atoms with Gasteiger partial charge in [0.25, 0.3) is 0 Å². The third-order valence-corrected chi connectivity index (χ3v) is 3.91. The van der Waals surface area contributed by atoms with E-state index in [1.54, 1.807) is 11.3 Å². The van der Waals surface area contributed by atoms with Crippen molar-refractivity contribution in [3.8, 4) is 0 Å². The van der Waals surface area contributed by atoms with Crippen LogP contribution in [0.15, 0.2) is 11.7 Å². The molecule has 1 saturated carbocycles. The van der Waals surface area contributed by atoms with Crippen molar-refractivity contribution in [2.75, 3.05) is 6.54 Å². The number of hydrogen-bond acceptors (Lipinski definition) is 3. The van der Waals surface area contributed by atoms with Crippen molar-refractivity contribution in [3.63, 3.8) is 0 Å². The molecule has 0 atom stereocenters. The second-order valence-corrected chi connectivity index (χ2v) is 5.03. The highest BCUT2D eigenvalue weighted by Gasteiger charge is 2.32. The maximum absolute atomic E-state index is 5.87. The van der Waals surface area contributed by atoms with Gasteiger partial charge in [0, 0.05) is 11.1 Å². The van der Waals surface area contributed by atoms with Crippen LogP contribution in [0.5, 0.6) is 0 Å². The van der Waals surface area contributed by atoms with Crippen LogP contribution in [0.3, 0.4) is 0 Å². The first-order chi connectivity index (χ1) is 6.35. The first-order valence-corrected chi connectivity index (χ1v) is 5.80. The van der Waals surface area contributed by atoms with E-state index in [-0.39, 0.29) is 0 Å². The van der Waals surface area contributed by atoms with Crippen LogP contribution in [0.2, 0.25) is 0 Å². The first-order valence-electron chi connectivity index (χ1n) is 4.92. The summed E-state index contributed by atoms with van der Waals surface area (Å²) in [5.74, 6) is 0. The Bertz CT molecular complexity index is 250. The van der Waals surface area contributed by atoms with Gasteiger partial charge in [0.15, 0.2) is 0 Å². The van der Waals surface area contributed by atoms with Crippen LogP contribution in [-0.4, -0.2) is 11.5 Å². The van der Waals surface area contributed by atoms with Gasteiger partial charge < -0.3 is 5.73 Å². The smallest absolute Gasteiger partial charge is 0.0794 e. The molecule has 1 aromatic rings. The van der Waals surface area contributed by atoms with E-state index in [0.717, 1.165) is 13.0 Å². The minimum atomic E-state index is 0.409. The normalized spacial score (nSPS) is 20.7. The van der Waals surface area contributed by atoms with Crippen LogP contribution in [-0.2, 0) is 6.42 Å². The minimum Gasteiger partial charge on any atom is -0.330 e. The van der Waals surface area contributed by atoms with Gasteiger partial charge in [0.1, 0.15) is 0 Å². The van der Waals surface area contributed by atoms with Crippen molar-refractivity contribution in [2.45, 2.75) is 32.1 Å². The molecule has 0 saturated heterocycles. The summed E-state index contributed by atoms with van der Waals surface area (Å²) in [6.07, 6.45) is 8.46. The standard InChI is InChI=1S/C10H16N2S/c11-7-10(3-1-2-4-10)5-9-6-12-8-13-9/h6,8H,1-5,7,11H2. The van der Waals surface area contributed by atoms with E-state index in [1.165, 1.54) is 30.6 Å². The summed E-state index contributed by atoms with van der Waals surface area (Å²) >= 11 is 1.76. The summed E-state index contributed by atoms with van der Waals surface area (Å²) in [6.45, 7) is 0.838. The van der Waals surface area contributed by atoms with Crippen molar-refractivity contribution in [1.29, 1.82) is 0 Å². The second kappa shape index (κ2) is 3.76. The molecule has 0 bridgehead atoms. The van der Waals surface area contributed by atoms with E-state index in [2.05, 4.69) is 4.98 Å². The molecule has 1 aliphatic carbocycles. The van der Waals surface area contributed by atoms with E-state index in [0.29, 0.717) is 5.41 Å². The van der Waals surface area contributed by atoms with Gasteiger partial charge in [-0.25, -0.2) is 0 Å². The Balaban J connectivity index is 2.06. The average Bonchev–Trinajstić information content (AvgIpc) is 2.77. The molecule has 0 aliphatic heterocycles. The Morgan fingerprint density at radius 3 is 2.77 bits per heavy atom. The number of rotatable bonds is 3. The molecule has 0 radical (unpaired) electrons. The molecular formula is C10H16N2S. The lowest BCUT2D eigenvalue weighted by Crippen LogP contribution is -2.29. The van der Waals surface area contributed by atoms with E-state index in [1.807, 2.05) is 11.7 Å². The number of hydrogen-bond donors (Lipinski definition) is 1. The van der Waals surface area contributed by atoms with Crippen LogP contribution in [0.25, 0.3) is 0 Å². The van der Waals surface area contributed by atoms with Gasteiger partial charge in [-0.2, -0.15) is 0 Å². The van der Waals surface area contributed by atoms with Crippen molar-refractivity contribution in [3.05, 3.63) is 16.6 Å². The summed E-state index contributed by atoms with van der Waals surface area (Å²) < 4.78 is 0. The highest BCUT2D eigenvalue weighted by molar-refractivity contribution is 7.09. The molecule has 13 heavy (non-hydrogen) atoms. The number of nitrogens with two attached hydrogens (primary N) is 1. The van der Waals surface area contributed by atoms with E-state index < -0.39 is 0 Å². The maximum atomic E-state index is 5.87. The quantitative estimate of drug-likeness (QED) is 0.805. The minimum absolute atomic E-state index is 0.409. The van der Waals surface area contributed by atoms with E-state index in [4.69, 9.17) is 5.73 Å². The molecule has 1 aliphatic rings. The van der Waals surface area contributed by atoms with Gasteiger partial charge in [-0.15, -0.1) is 11.3 Å². The van der Waals surface area contributed by atoms with Crippen LogP contribution in [0, 0.1) is 5.41 Å². The Labute approximate surface area is 83.2 Å². The van der Waals surface area contributed by atoms with Crippen molar-refractivity contribution >= 4 is 11.3 Å². The molecule has 0 aromatic carbocycles. The molecule has 1 fully saturated rings. The Hall–Kier alpha value is -0.410. The topological polar surface area (TPSA) is 38.9 Å². The molecule has 72 valence electrons. The molecular weight excluding hydrogens is 180 g/mol. The van der Waals surface area contributed by atoms with Gasteiger partial charge in [0.2, 0.25) is 0 Å². The average molecular weight is 196 g/mol. The predicted octanol–water partition coefficient (Wildman–Crippen LogP) is 2.20. The SMILES string of the molecule is NCC1(Cc2cncs2)CCCC1. The van der Waals surface area contributed by atoms with Crippen molar-refractivity contribution in [2.24, 2.45) is 11.1 Å². The number of thiazole rings is 1. The largest absolute Gasteiger partial charge is 0.330 e. The lowest BCUT2D eigenvalue weighted by atomic mass is 9.82. The lowest BCUT2D eigenvalue weighted by molar-refractivity contribution is 0.309. The predicted molar refractivity (Wildman–Crippen MR) is 55.8 cm³/mol. The Kier molecular flexibility index (Phi) is 2.65. The molecule has 1 aromatic heterocycles. The van der Waals surface area contributed by atoms with Crippen molar-refractivity contribution in [1.82, 2.24) is 4.98 Å². The van der Waals surface area contributed by atoms with Crippen LogP contribution in [0.4, 0.5) is 0 Å². The Morgan fingerprint density at radius 1 is 1.46 bits per heavy atom. The highest BCUT2D eigenvalue weighted by Crippen LogP contribution is 2.40. The number of aromatic nitrogens is 1. The van der Waals surface area contributed by atoms with Gasteiger partial charge >= 0.3 is 0 Å². The summed E-state index contributed by atoms with van der Waals surface area (Å²) in [6, 6.07) is 0.